The molecular weight excluding hydrogens is 292 g/mol. The van der Waals surface area contributed by atoms with Gasteiger partial charge in [-0.3, -0.25) is 9.89 Å². The van der Waals surface area contributed by atoms with Gasteiger partial charge in [0.15, 0.2) is 5.96 Å². The van der Waals surface area contributed by atoms with Crippen molar-refractivity contribution in [2.45, 2.75) is 52.7 Å². The minimum atomic E-state index is 0.598. The third kappa shape index (κ3) is 6.36. The second kappa shape index (κ2) is 9.85. The summed E-state index contributed by atoms with van der Waals surface area (Å²) in [4.78, 5) is 9.08. The zero-order chi connectivity index (χ0) is 16.5. The quantitative estimate of drug-likeness (QED) is 0.452. The fraction of sp³-hybridized carbons (Fsp3) is 0.706. The lowest BCUT2D eigenvalue weighted by atomic mass is 10.2. The van der Waals surface area contributed by atoms with Crippen LogP contribution in [0.5, 0.6) is 0 Å². The molecule has 0 spiro atoms. The Kier molecular flexibility index (Phi) is 8.49. The van der Waals surface area contributed by atoms with Crippen molar-refractivity contribution in [1.82, 2.24) is 15.1 Å². The first kappa shape index (κ1) is 19.0. The molecule has 1 N–H and O–H groups in total. The average Bonchev–Trinajstić information content (AvgIpc) is 2.94. The summed E-state index contributed by atoms with van der Waals surface area (Å²) in [5.41, 5.74) is 1.33. The van der Waals surface area contributed by atoms with E-state index in [4.69, 9.17) is 0 Å². The van der Waals surface area contributed by atoms with Gasteiger partial charge in [0, 0.05) is 45.8 Å². The molecule has 1 aromatic rings. The molecule has 22 heavy (non-hydrogen) atoms. The lowest BCUT2D eigenvalue weighted by molar-refractivity contribution is 0.173. The first-order valence-corrected chi connectivity index (χ1v) is 9.08. The van der Waals surface area contributed by atoms with E-state index in [2.05, 4.69) is 71.7 Å². The third-order valence-electron chi connectivity index (χ3n) is 3.78. The normalized spacial score (nSPS) is 12.5. The van der Waals surface area contributed by atoms with Gasteiger partial charge in [-0.1, -0.05) is 0 Å². The SMILES string of the molecule is CN=C(NCCCN(C(C)C)C(C)C)N(C)Cc1ccsc1. The molecule has 0 aliphatic rings. The highest BCUT2D eigenvalue weighted by Crippen LogP contribution is 2.08. The van der Waals surface area contributed by atoms with E-state index in [1.54, 1.807) is 11.3 Å². The van der Waals surface area contributed by atoms with Gasteiger partial charge in [-0.05, 0) is 56.5 Å². The number of nitrogens with one attached hydrogen (secondary N) is 1. The molecule has 0 saturated heterocycles. The largest absolute Gasteiger partial charge is 0.356 e. The Morgan fingerprint density at radius 1 is 1.27 bits per heavy atom. The number of hydrogen-bond donors (Lipinski definition) is 1. The van der Waals surface area contributed by atoms with Gasteiger partial charge in [-0.15, -0.1) is 0 Å². The van der Waals surface area contributed by atoms with E-state index in [1.807, 2.05) is 7.05 Å². The molecule has 4 nitrogen and oxygen atoms in total. The van der Waals surface area contributed by atoms with Gasteiger partial charge in [0.05, 0.1) is 0 Å². The zero-order valence-electron chi connectivity index (χ0n) is 15.0. The maximum atomic E-state index is 4.38. The molecule has 0 aliphatic heterocycles. The second-order valence-corrected chi connectivity index (χ2v) is 7.02. The molecule has 0 atom stereocenters. The minimum absolute atomic E-state index is 0.598. The predicted molar refractivity (Wildman–Crippen MR) is 98.7 cm³/mol. The van der Waals surface area contributed by atoms with E-state index >= 15 is 0 Å². The van der Waals surface area contributed by atoms with Gasteiger partial charge in [0.25, 0.3) is 0 Å². The van der Waals surface area contributed by atoms with Gasteiger partial charge in [0.1, 0.15) is 0 Å². The van der Waals surface area contributed by atoms with Crippen LogP contribution in [0, 0.1) is 0 Å². The highest BCUT2D eigenvalue weighted by atomic mass is 32.1. The first-order valence-electron chi connectivity index (χ1n) is 8.14. The summed E-state index contributed by atoms with van der Waals surface area (Å²) in [7, 11) is 3.93. The van der Waals surface area contributed by atoms with Gasteiger partial charge >= 0.3 is 0 Å². The molecule has 0 aromatic carbocycles. The van der Waals surface area contributed by atoms with Crippen LogP contribution in [0.3, 0.4) is 0 Å². The van der Waals surface area contributed by atoms with Crippen LogP contribution in [0.1, 0.15) is 39.7 Å². The maximum absolute atomic E-state index is 4.38. The predicted octanol–water partition coefficient (Wildman–Crippen LogP) is 3.26. The Hall–Kier alpha value is -1.07. The summed E-state index contributed by atoms with van der Waals surface area (Å²) >= 11 is 1.74. The zero-order valence-corrected chi connectivity index (χ0v) is 15.8. The van der Waals surface area contributed by atoms with Crippen molar-refractivity contribution in [3.05, 3.63) is 22.4 Å². The monoisotopic (exact) mass is 324 g/mol. The van der Waals surface area contributed by atoms with E-state index < -0.39 is 0 Å². The molecule has 1 heterocycles. The van der Waals surface area contributed by atoms with E-state index in [0.717, 1.165) is 32.0 Å². The summed E-state index contributed by atoms with van der Waals surface area (Å²) in [6.07, 6.45) is 1.13. The van der Waals surface area contributed by atoms with Crippen molar-refractivity contribution in [2.24, 2.45) is 4.99 Å². The van der Waals surface area contributed by atoms with Gasteiger partial charge in [-0.2, -0.15) is 11.3 Å². The highest BCUT2D eigenvalue weighted by Gasteiger charge is 2.12. The van der Waals surface area contributed by atoms with Crippen LogP contribution in [0.2, 0.25) is 0 Å². The Balaban J connectivity index is 2.35. The Labute approximate surface area is 140 Å². The Morgan fingerprint density at radius 3 is 2.45 bits per heavy atom. The fourth-order valence-electron chi connectivity index (χ4n) is 2.69. The van der Waals surface area contributed by atoms with Crippen LogP contribution < -0.4 is 5.32 Å². The van der Waals surface area contributed by atoms with E-state index in [-0.39, 0.29) is 0 Å². The van der Waals surface area contributed by atoms with Crippen LogP contribution in [0.15, 0.2) is 21.8 Å². The second-order valence-electron chi connectivity index (χ2n) is 6.24. The number of nitrogens with zero attached hydrogens (tertiary/aromatic N) is 3. The molecule has 1 aromatic heterocycles. The standard InChI is InChI=1S/C17H32N4S/c1-14(2)21(15(3)4)10-7-9-19-17(18-5)20(6)12-16-8-11-22-13-16/h8,11,13-15H,7,9-10,12H2,1-6H3,(H,18,19). The fourth-order valence-corrected chi connectivity index (χ4v) is 3.35. The van der Waals surface area contributed by atoms with Crippen molar-refractivity contribution >= 4 is 17.3 Å². The molecule has 0 bridgehead atoms. The van der Waals surface area contributed by atoms with Gasteiger partial charge < -0.3 is 10.2 Å². The Morgan fingerprint density at radius 2 is 1.95 bits per heavy atom. The van der Waals surface area contributed by atoms with Crippen LogP contribution in [0.25, 0.3) is 0 Å². The number of rotatable bonds is 8. The number of guanidine groups is 1. The van der Waals surface area contributed by atoms with E-state index in [1.165, 1.54) is 5.56 Å². The molecule has 0 fully saturated rings. The summed E-state index contributed by atoms with van der Waals surface area (Å²) in [5.74, 6) is 0.965. The maximum Gasteiger partial charge on any atom is 0.193 e. The summed E-state index contributed by atoms with van der Waals surface area (Å²) in [5, 5.41) is 7.77. The molecule has 0 amide bonds. The number of thiophene rings is 1. The molecule has 0 unspecified atom stereocenters. The van der Waals surface area contributed by atoms with Crippen molar-refractivity contribution in [2.75, 3.05) is 27.2 Å². The summed E-state index contributed by atoms with van der Waals surface area (Å²) in [6, 6.07) is 3.36. The van der Waals surface area contributed by atoms with Crippen molar-refractivity contribution in [3.8, 4) is 0 Å². The van der Waals surface area contributed by atoms with Crippen LogP contribution in [-0.2, 0) is 6.54 Å². The van der Waals surface area contributed by atoms with Crippen molar-refractivity contribution in [1.29, 1.82) is 0 Å². The van der Waals surface area contributed by atoms with Crippen molar-refractivity contribution < 1.29 is 0 Å². The molecular formula is C17H32N4S. The molecule has 1 rings (SSSR count). The molecule has 0 radical (unpaired) electrons. The van der Waals surface area contributed by atoms with Crippen molar-refractivity contribution in [3.63, 3.8) is 0 Å². The van der Waals surface area contributed by atoms with E-state index in [0.29, 0.717) is 12.1 Å². The third-order valence-corrected chi connectivity index (χ3v) is 4.51. The molecule has 126 valence electrons. The number of aliphatic imine (C=N–C) groups is 1. The average molecular weight is 325 g/mol. The smallest absolute Gasteiger partial charge is 0.193 e. The lowest BCUT2D eigenvalue weighted by Gasteiger charge is -2.30. The lowest BCUT2D eigenvalue weighted by Crippen LogP contribution is -2.41. The minimum Gasteiger partial charge on any atom is -0.356 e. The highest BCUT2D eigenvalue weighted by molar-refractivity contribution is 7.07. The first-order chi connectivity index (χ1) is 10.5. The Bertz CT molecular complexity index is 418. The van der Waals surface area contributed by atoms with Crippen LogP contribution in [0.4, 0.5) is 0 Å². The summed E-state index contributed by atoms with van der Waals surface area (Å²) < 4.78 is 0. The molecule has 0 aliphatic carbocycles. The molecule has 0 saturated carbocycles. The van der Waals surface area contributed by atoms with Crippen LogP contribution >= 0.6 is 11.3 Å². The topological polar surface area (TPSA) is 30.9 Å². The number of hydrogen-bond acceptors (Lipinski definition) is 3. The summed E-state index contributed by atoms with van der Waals surface area (Å²) in [6.45, 7) is 12.0. The van der Waals surface area contributed by atoms with Crippen LogP contribution in [-0.4, -0.2) is 55.0 Å². The molecule has 5 heteroatoms. The van der Waals surface area contributed by atoms with Gasteiger partial charge in [-0.25, -0.2) is 0 Å². The van der Waals surface area contributed by atoms with Gasteiger partial charge in [0.2, 0.25) is 0 Å². The van der Waals surface area contributed by atoms with E-state index in [9.17, 15) is 0 Å².